The van der Waals surface area contributed by atoms with Crippen molar-refractivity contribution in [2.75, 3.05) is 7.11 Å². The van der Waals surface area contributed by atoms with Crippen LogP contribution in [-0.4, -0.2) is 24.5 Å². The summed E-state index contributed by atoms with van der Waals surface area (Å²) in [5.41, 5.74) is 0. The Morgan fingerprint density at radius 2 is 2.55 bits per heavy atom. The molecule has 60 valence electrons. The molecule has 1 aliphatic rings. The second-order valence-corrected chi connectivity index (χ2v) is 1.92. The normalized spacial score (nSPS) is 22.0. The number of esters is 1. The van der Waals surface area contributed by atoms with Gasteiger partial charge in [0.2, 0.25) is 12.0 Å². The molecule has 4 nitrogen and oxygen atoms in total. The van der Waals surface area contributed by atoms with Gasteiger partial charge in [-0.1, -0.05) is 6.08 Å². The molecule has 0 aromatic heterocycles. The van der Waals surface area contributed by atoms with E-state index in [1.54, 1.807) is 0 Å². The quantitative estimate of drug-likeness (QED) is 0.541. The van der Waals surface area contributed by atoms with Crippen molar-refractivity contribution in [1.29, 1.82) is 0 Å². The predicted molar refractivity (Wildman–Crippen MR) is 36.3 cm³/mol. The number of aliphatic hydroxyl groups is 1. The van der Waals surface area contributed by atoms with E-state index in [0.29, 0.717) is 0 Å². The van der Waals surface area contributed by atoms with E-state index in [4.69, 9.17) is 9.84 Å². The fraction of sp³-hybridized carbons (Fsp3) is 0.286. The molecule has 0 aromatic carbocycles. The fourth-order valence-corrected chi connectivity index (χ4v) is 0.663. The van der Waals surface area contributed by atoms with Crippen molar-refractivity contribution in [3.05, 3.63) is 24.0 Å². The molecule has 1 heterocycles. The Labute approximate surface area is 63.7 Å². The van der Waals surface area contributed by atoms with Crippen LogP contribution in [-0.2, 0) is 14.3 Å². The third-order valence-corrected chi connectivity index (χ3v) is 1.16. The largest absolute Gasteiger partial charge is 0.463 e. The van der Waals surface area contributed by atoms with Gasteiger partial charge in [-0.05, 0) is 12.2 Å². The minimum absolute atomic E-state index is 0.0162. The maximum atomic E-state index is 10.8. The Balaban J connectivity index is 2.66. The minimum Gasteiger partial charge on any atom is -0.463 e. The van der Waals surface area contributed by atoms with Crippen LogP contribution in [0.4, 0.5) is 0 Å². The lowest BCUT2D eigenvalue weighted by Gasteiger charge is -2.13. The van der Waals surface area contributed by atoms with Crippen LogP contribution in [0.25, 0.3) is 0 Å². The minimum atomic E-state index is -1.05. The number of aliphatic hydroxyl groups excluding tert-OH is 1. The molecule has 0 bridgehead atoms. The van der Waals surface area contributed by atoms with Gasteiger partial charge in [0.25, 0.3) is 0 Å². The van der Waals surface area contributed by atoms with Gasteiger partial charge < -0.3 is 14.6 Å². The van der Waals surface area contributed by atoms with Crippen LogP contribution in [0, 0.1) is 0 Å². The summed E-state index contributed by atoms with van der Waals surface area (Å²) in [5, 5.41) is 8.87. The monoisotopic (exact) mass is 156 g/mol. The summed E-state index contributed by atoms with van der Waals surface area (Å²) in [4.78, 5) is 10.8. The smallest absolute Gasteiger partial charge is 0.373 e. The summed E-state index contributed by atoms with van der Waals surface area (Å²) >= 11 is 0. The lowest BCUT2D eigenvalue weighted by molar-refractivity contribution is -0.144. The van der Waals surface area contributed by atoms with Gasteiger partial charge in [-0.3, -0.25) is 0 Å². The summed E-state index contributed by atoms with van der Waals surface area (Å²) in [6.07, 6.45) is 3.32. The Hall–Kier alpha value is -1.29. The van der Waals surface area contributed by atoms with Crippen molar-refractivity contribution in [2.24, 2.45) is 0 Å². The molecular formula is C7H8O4. The Kier molecular flexibility index (Phi) is 2.28. The molecule has 1 rings (SSSR count). The predicted octanol–water partition coefficient (Wildman–Crippen LogP) is -0.0519. The SMILES string of the molecule is COC(=O)C1=CC=CC(O)O1. The third-order valence-electron chi connectivity index (χ3n) is 1.16. The van der Waals surface area contributed by atoms with E-state index in [1.807, 2.05) is 0 Å². The van der Waals surface area contributed by atoms with Crippen molar-refractivity contribution in [1.82, 2.24) is 0 Å². The van der Waals surface area contributed by atoms with Gasteiger partial charge in [0.05, 0.1) is 7.11 Å². The Bertz CT molecular complexity index is 216. The molecule has 1 aliphatic heterocycles. The number of rotatable bonds is 1. The molecule has 0 radical (unpaired) electrons. The first-order valence-electron chi connectivity index (χ1n) is 3.05. The number of hydrogen-bond donors (Lipinski definition) is 1. The zero-order valence-corrected chi connectivity index (χ0v) is 5.98. The van der Waals surface area contributed by atoms with Crippen LogP contribution < -0.4 is 0 Å². The second-order valence-electron chi connectivity index (χ2n) is 1.92. The van der Waals surface area contributed by atoms with E-state index in [0.717, 1.165) is 0 Å². The maximum Gasteiger partial charge on any atom is 0.373 e. The highest BCUT2D eigenvalue weighted by Gasteiger charge is 2.15. The van der Waals surface area contributed by atoms with E-state index >= 15 is 0 Å². The molecule has 11 heavy (non-hydrogen) atoms. The molecule has 0 fully saturated rings. The third kappa shape index (κ3) is 1.81. The topological polar surface area (TPSA) is 55.8 Å². The molecule has 0 aromatic rings. The average Bonchev–Trinajstić information content (AvgIpc) is 2.03. The molecule has 1 atom stereocenters. The lowest BCUT2D eigenvalue weighted by atomic mass is 10.3. The summed E-state index contributed by atoms with van der Waals surface area (Å²) in [5.74, 6) is -0.573. The summed E-state index contributed by atoms with van der Waals surface area (Å²) in [6.45, 7) is 0. The maximum absolute atomic E-state index is 10.8. The standard InChI is InChI=1S/C7H8O4/c1-10-7(9)5-3-2-4-6(8)11-5/h2-4,6,8H,1H3. The van der Waals surface area contributed by atoms with Crippen molar-refractivity contribution in [3.8, 4) is 0 Å². The first-order valence-corrected chi connectivity index (χ1v) is 3.05. The van der Waals surface area contributed by atoms with E-state index in [2.05, 4.69) is 4.74 Å². The first kappa shape index (κ1) is 7.81. The highest BCUT2D eigenvalue weighted by molar-refractivity contribution is 5.86. The fourth-order valence-electron chi connectivity index (χ4n) is 0.663. The molecule has 0 spiro atoms. The molecule has 1 unspecified atom stereocenters. The summed E-state index contributed by atoms with van der Waals surface area (Å²) in [6, 6.07) is 0. The van der Waals surface area contributed by atoms with E-state index < -0.39 is 12.3 Å². The van der Waals surface area contributed by atoms with Gasteiger partial charge in [0.15, 0.2) is 0 Å². The van der Waals surface area contributed by atoms with Gasteiger partial charge in [-0.2, -0.15) is 0 Å². The number of carbonyl (C=O) groups excluding carboxylic acids is 1. The molecule has 0 amide bonds. The highest BCUT2D eigenvalue weighted by Crippen LogP contribution is 2.09. The number of carbonyl (C=O) groups is 1. The van der Waals surface area contributed by atoms with Gasteiger partial charge in [-0.25, -0.2) is 4.79 Å². The number of methoxy groups -OCH3 is 1. The highest BCUT2D eigenvalue weighted by atomic mass is 16.6. The van der Waals surface area contributed by atoms with Crippen LogP contribution in [0.2, 0.25) is 0 Å². The lowest BCUT2D eigenvalue weighted by Crippen LogP contribution is -2.17. The number of allylic oxidation sites excluding steroid dienone is 2. The Morgan fingerprint density at radius 3 is 3.09 bits per heavy atom. The van der Waals surface area contributed by atoms with Crippen LogP contribution in [0.15, 0.2) is 24.0 Å². The van der Waals surface area contributed by atoms with Crippen molar-refractivity contribution in [2.45, 2.75) is 6.29 Å². The van der Waals surface area contributed by atoms with Crippen LogP contribution in [0.3, 0.4) is 0 Å². The zero-order chi connectivity index (χ0) is 8.27. The van der Waals surface area contributed by atoms with Gasteiger partial charge in [0.1, 0.15) is 0 Å². The van der Waals surface area contributed by atoms with Crippen LogP contribution >= 0.6 is 0 Å². The molecule has 0 saturated heterocycles. The van der Waals surface area contributed by atoms with Crippen LogP contribution in [0.5, 0.6) is 0 Å². The first-order chi connectivity index (χ1) is 5.24. The average molecular weight is 156 g/mol. The van der Waals surface area contributed by atoms with E-state index in [9.17, 15) is 4.79 Å². The van der Waals surface area contributed by atoms with Crippen LogP contribution in [0.1, 0.15) is 0 Å². The molecule has 1 N–H and O–H groups in total. The van der Waals surface area contributed by atoms with E-state index in [1.165, 1.54) is 25.3 Å². The molecule has 0 aliphatic carbocycles. The number of ether oxygens (including phenoxy) is 2. The number of hydrogen-bond acceptors (Lipinski definition) is 4. The van der Waals surface area contributed by atoms with Crippen molar-refractivity contribution >= 4 is 5.97 Å². The zero-order valence-electron chi connectivity index (χ0n) is 5.98. The van der Waals surface area contributed by atoms with Crippen molar-refractivity contribution in [3.63, 3.8) is 0 Å². The summed E-state index contributed by atoms with van der Waals surface area (Å²) < 4.78 is 9.06. The van der Waals surface area contributed by atoms with Gasteiger partial charge >= 0.3 is 5.97 Å². The van der Waals surface area contributed by atoms with E-state index in [-0.39, 0.29) is 5.76 Å². The molecular weight excluding hydrogens is 148 g/mol. The summed E-state index contributed by atoms with van der Waals surface area (Å²) in [7, 11) is 1.25. The molecule has 4 heteroatoms. The van der Waals surface area contributed by atoms with Crippen molar-refractivity contribution < 1.29 is 19.4 Å². The second kappa shape index (κ2) is 3.21. The molecule has 0 saturated carbocycles. The Morgan fingerprint density at radius 1 is 1.82 bits per heavy atom. The van der Waals surface area contributed by atoms with Gasteiger partial charge in [-0.15, -0.1) is 0 Å². The van der Waals surface area contributed by atoms with Gasteiger partial charge in [0, 0.05) is 0 Å².